The minimum absolute atomic E-state index is 0.0262. The topological polar surface area (TPSA) is 20.3 Å². The van der Waals surface area contributed by atoms with Crippen LogP contribution in [0.1, 0.15) is 6.92 Å². The van der Waals surface area contributed by atoms with Crippen molar-refractivity contribution in [2.75, 3.05) is 11.4 Å². The molecule has 0 saturated heterocycles. The third-order valence-corrected chi connectivity index (χ3v) is 4.07. The zero-order valence-corrected chi connectivity index (χ0v) is 11.3. The molecule has 1 heterocycles. The molecule has 1 atom stereocenters. The van der Waals surface area contributed by atoms with Gasteiger partial charge in [-0.3, -0.25) is 4.79 Å². The van der Waals surface area contributed by atoms with Gasteiger partial charge < -0.3 is 4.90 Å². The highest BCUT2D eigenvalue weighted by Crippen LogP contribution is 2.40. The number of carbonyl (C=O) groups is 1. The molecule has 0 aliphatic carbocycles. The Kier molecular flexibility index (Phi) is 3.40. The number of nitrogens with zero attached hydrogens (tertiary/aromatic N) is 1. The third-order valence-electron chi connectivity index (χ3n) is 2.44. The van der Waals surface area contributed by atoms with Gasteiger partial charge in [0, 0.05) is 15.9 Å². The van der Waals surface area contributed by atoms with Crippen molar-refractivity contribution in [2.45, 2.75) is 17.1 Å². The summed E-state index contributed by atoms with van der Waals surface area (Å²) in [5.74, 6) is 0.153. The Hall–Kier alpha value is -0.740. The van der Waals surface area contributed by atoms with Crippen LogP contribution >= 0.6 is 27.7 Å². The summed E-state index contributed by atoms with van der Waals surface area (Å²) in [6.45, 7) is 6.20. The van der Waals surface area contributed by atoms with Crippen molar-refractivity contribution in [3.8, 4) is 0 Å². The van der Waals surface area contributed by atoms with Gasteiger partial charge in [-0.25, -0.2) is 0 Å². The van der Waals surface area contributed by atoms with Gasteiger partial charge in [0.15, 0.2) is 0 Å². The summed E-state index contributed by atoms with van der Waals surface area (Å²) in [6, 6.07) is 5.98. The molecule has 1 aromatic rings. The number of anilines is 1. The molecule has 1 unspecified atom stereocenters. The Morgan fingerprint density at radius 1 is 1.62 bits per heavy atom. The Morgan fingerprint density at radius 2 is 2.38 bits per heavy atom. The van der Waals surface area contributed by atoms with Crippen molar-refractivity contribution < 1.29 is 4.79 Å². The zero-order valence-electron chi connectivity index (χ0n) is 8.94. The molecule has 84 valence electrons. The minimum Gasteiger partial charge on any atom is -0.307 e. The highest BCUT2D eigenvalue weighted by atomic mass is 79.9. The van der Waals surface area contributed by atoms with Crippen LogP contribution in [0.4, 0.5) is 5.69 Å². The maximum absolute atomic E-state index is 12.0. The summed E-state index contributed by atoms with van der Waals surface area (Å²) in [5, 5.41) is -0.0262. The summed E-state index contributed by atoms with van der Waals surface area (Å²) in [7, 11) is 0. The van der Waals surface area contributed by atoms with E-state index in [4.69, 9.17) is 0 Å². The first kappa shape index (κ1) is 11.7. The molecule has 0 bridgehead atoms. The van der Waals surface area contributed by atoms with Gasteiger partial charge in [-0.1, -0.05) is 22.0 Å². The molecule has 1 aromatic carbocycles. The van der Waals surface area contributed by atoms with Gasteiger partial charge in [0.1, 0.15) is 0 Å². The number of carbonyl (C=O) groups excluding carboxylic acids is 1. The molecule has 4 heteroatoms. The van der Waals surface area contributed by atoms with Gasteiger partial charge in [-0.05, 0) is 25.1 Å². The van der Waals surface area contributed by atoms with E-state index in [-0.39, 0.29) is 11.2 Å². The van der Waals surface area contributed by atoms with Gasteiger partial charge in [0.05, 0.1) is 10.9 Å². The van der Waals surface area contributed by atoms with Crippen molar-refractivity contribution in [3.63, 3.8) is 0 Å². The monoisotopic (exact) mass is 297 g/mol. The lowest BCUT2D eigenvalue weighted by Crippen LogP contribution is -2.39. The largest absolute Gasteiger partial charge is 0.307 e. The molecule has 0 aromatic heterocycles. The number of hydrogen-bond acceptors (Lipinski definition) is 2. The van der Waals surface area contributed by atoms with Crippen LogP contribution in [0.15, 0.2) is 40.2 Å². The summed E-state index contributed by atoms with van der Waals surface area (Å²) in [4.78, 5) is 14.9. The summed E-state index contributed by atoms with van der Waals surface area (Å²) in [6.07, 6.45) is 1.76. The standard InChI is InChI=1S/C12H12BrNOS/c1-3-6-14-10-5-4-9(13)7-11(10)16-8(2)12(14)15/h3-5,7-8H,1,6H2,2H3. The predicted molar refractivity (Wildman–Crippen MR) is 72.0 cm³/mol. The SMILES string of the molecule is C=CCN1C(=O)C(C)Sc2cc(Br)ccc21. The Labute approximate surface area is 108 Å². The molecule has 16 heavy (non-hydrogen) atoms. The molecule has 1 aliphatic heterocycles. The van der Waals surface area contributed by atoms with E-state index in [1.165, 1.54) is 0 Å². The molecule has 1 aliphatic rings. The van der Waals surface area contributed by atoms with Crippen LogP contribution in [0.5, 0.6) is 0 Å². The second-order valence-corrected chi connectivity index (χ2v) is 5.91. The van der Waals surface area contributed by atoms with Gasteiger partial charge in [-0.2, -0.15) is 0 Å². The van der Waals surface area contributed by atoms with Gasteiger partial charge in [-0.15, -0.1) is 18.3 Å². The number of halogens is 1. The van der Waals surface area contributed by atoms with E-state index in [0.29, 0.717) is 6.54 Å². The highest BCUT2D eigenvalue weighted by Gasteiger charge is 2.29. The van der Waals surface area contributed by atoms with Crippen LogP contribution in [-0.2, 0) is 4.79 Å². The molecular weight excluding hydrogens is 286 g/mol. The Balaban J connectivity index is 2.47. The van der Waals surface area contributed by atoms with Crippen LogP contribution in [0.3, 0.4) is 0 Å². The number of benzene rings is 1. The molecule has 0 fully saturated rings. The third kappa shape index (κ3) is 2.04. The molecule has 0 radical (unpaired) electrons. The summed E-state index contributed by atoms with van der Waals surface area (Å²) < 4.78 is 1.04. The van der Waals surface area contributed by atoms with Gasteiger partial charge in [0.25, 0.3) is 0 Å². The summed E-state index contributed by atoms with van der Waals surface area (Å²) >= 11 is 5.06. The smallest absolute Gasteiger partial charge is 0.240 e. The second-order valence-electron chi connectivity index (χ2n) is 3.61. The Morgan fingerprint density at radius 3 is 3.06 bits per heavy atom. The van der Waals surface area contributed by atoms with E-state index in [0.717, 1.165) is 15.1 Å². The fourth-order valence-corrected chi connectivity index (χ4v) is 3.32. The zero-order chi connectivity index (χ0) is 11.7. The maximum atomic E-state index is 12.0. The molecule has 0 N–H and O–H groups in total. The van der Waals surface area contributed by atoms with Gasteiger partial charge >= 0.3 is 0 Å². The van der Waals surface area contributed by atoms with E-state index in [1.54, 1.807) is 22.7 Å². The van der Waals surface area contributed by atoms with Crippen LogP contribution in [0, 0.1) is 0 Å². The van der Waals surface area contributed by atoms with E-state index in [1.807, 2.05) is 19.1 Å². The fraction of sp³-hybridized carbons (Fsp3) is 0.250. The number of rotatable bonds is 2. The summed E-state index contributed by atoms with van der Waals surface area (Å²) in [5.41, 5.74) is 0.983. The van der Waals surface area contributed by atoms with Crippen molar-refractivity contribution in [2.24, 2.45) is 0 Å². The fourth-order valence-electron chi connectivity index (χ4n) is 1.70. The lowest BCUT2D eigenvalue weighted by molar-refractivity contribution is -0.117. The average molecular weight is 298 g/mol. The number of amides is 1. The number of thioether (sulfide) groups is 1. The lowest BCUT2D eigenvalue weighted by atomic mass is 10.2. The lowest BCUT2D eigenvalue weighted by Gasteiger charge is -2.31. The van der Waals surface area contributed by atoms with Crippen molar-refractivity contribution in [1.82, 2.24) is 0 Å². The van der Waals surface area contributed by atoms with Gasteiger partial charge in [0.2, 0.25) is 5.91 Å². The average Bonchev–Trinajstić information content (AvgIpc) is 2.24. The first-order valence-corrected chi connectivity index (χ1v) is 6.69. The Bertz CT molecular complexity index is 447. The maximum Gasteiger partial charge on any atom is 0.240 e. The quantitative estimate of drug-likeness (QED) is 0.779. The second kappa shape index (κ2) is 4.63. The van der Waals surface area contributed by atoms with E-state index in [2.05, 4.69) is 28.6 Å². The van der Waals surface area contributed by atoms with E-state index >= 15 is 0 Å². The van der Waals surface area contributed by atoms with Crippen LogP contribution in [0.25, 0.3) is 0 Å². The molecule has 0 saturated carbocycles. The minimum atomic E-state index is -0.0262. The van der Waals surface area contributed by atoms with Crippen molar-refractivity contribution in [1.29, 1.82) is 0 Å². The molecule has 0 spiro atoms. The van der Waals surface area contributed by atoms with E-state index in [9.17, 15) is 4.79 Å². The molecule has 2 rings (SSSR count). The first-order chi connectivity index (χ1) is 7.63. The normalized spacial score (nSPS) is 19.5. The molecule has 2 nitrogen and oxygen atoms in total. The van der Waals surface area contributed by atoms with Crippen LogP contribution < -0.4 is 4.90 Å². The van der Waals surface area contributed by atoms with E-state index < -0.39 is 0 Å². The number of fused-ring (bicyclic) bond motifs is 1. The number of hydrogen-bond donors (Lipinski definition) is 0. The van der Waals surface area contributed by atoms with Crippen molar-refractivity contribution >= 4 is 39.3 Å². The molecular formula is C12H12BrNOS. The molecule has 1 amide bonds. The highest BCUT2D eigenvalue weighted by molar-refractivity contribution is 9.10. The van der Waals surface area contributed by atoms with Crippen LogP contribution in [-0.4, -0.2) is 17.7 Å². The predicted octanol–water partition coefficient (Wildman–Crippen LogP) is 3.46. The van der Waals surface area contributed by atoms with Crippen molar-refractivity contribution in [3.05, 3.63) is 35.3 Å². The first-order valence-electron chi connectivity index (χ1n) is 5.02. The van der Waals surface area contributed by atoms with Crippen LogP contribution in [0.2, 0.25) is 0 Å².